The molecule has 1 aromatic carbocycles. The molecule has 0 radical (unpaired) electrons. The Morgan fingerprint density at radius 2 is 2.04 bits per heavy atom. The van der Waals surface area contributed by atoms with Gasteiger partial charge in [0, 0.05) is 25.2 Å². The Hall–Kier alpha value is -1.82. The number of halogens is 1. The van der Waals surface area contributed by atoms with E-state index < -0.39 is 0 Å². The van der Waals surface area contributed by atoms with Crippen LogP contribution in [0.15, 0.2) is 29.3 Å². The fraction of sp³-hybridized carbons (Fsp3) is 0.611. The highest BCUT2D eigenvalue weighted by Crippen LogP contribution is 2.14. The Morgan fingerprint density at radius 1 is 1.33 bits per heavy atom. The molecule has 1 atom stereocenters. The standard InChI is InChI=1S/C18H31FN4O/c1-7-15(24-16-10-8-9-14(19)11-16)12-21-17(20-4)22-13-18(2,3)23(5)6/h8-11,15H,7,12-13H2,1-6H3,(H2,20,21,22). The maximum absolute atomic E-state index is 13.2. The topological polar surface area (TPSA) is 48.9 Å². The number of guanidine groups is 1. The minimum absolute atomic E-state index is 0.0137. The lowest BCUT2D eigenvalue weighted by Crippen LogP contribution is -2.51. The van der Waals surface area contributed by atoms with E-state index in [9.17, 15) is 4.39 Å². The fourth-order valence-electron chi connectivity index (χ4n) is 1.89. The van der Waals surface area contributed by atoms with Crippen molar-refractivity contribution in [3.63, 3.8) is 0 Å². The van der Waals surface area contributed by atoms with E-state index in [2.05, 4.69) is 48.5 Å². The molecule has 1 aromatic rings. The lowest BCUT2D eigenvalue weighted by Gasteiger charge is -2.33. The van der Waals surface area contributed by atoms with Gasteiger partial charge in [-0.25, -0.2) is 4.39 Å². The lowest BCUT2D eigenvalue weighted by molar-refractivity contribution is 0.193. The molecular weight excluding hydrogens is 307 g/mol. The monoisotopic (exact) mass is 338 g/mol. The van der Waals surface area contributed by atoms with Crippen LogP contribution in [0.25, 0.3) is 0 Å². The third kappa shape index (κ3) is 6.74. The number of hydrogen-bond acceptors (Lipinski definition) is 3. The predicted molar refractivity (Wildman–Crippen MR) is 98.2 cm³/mol. The Bertz CT molecular complexity index is 532. The molecule has 0 bridgehead atoms. The van der Waals surface area contributed by atoms with Crippen LogP contribution in [0.2, 0.25) is 0 Å². The largest absolute Gasteiger partial charge is 0.489 e. The van der Waals surface area contributed by atoms with E-state index in [1.165, 1.54) is 12.1 Å². The van der Waals surface area contributed by atoms with E-state index in [0.717, 1.165) is 18.9 Å². The molecule has 1 unspecified atom stereocenters. The molecular formula is C18H31FN4O. The first-order valence-electron chi connectivity index (χ1n) is 8.32. The van der Waals surface area contributed by atoms with Crippen molar-refractivity contribution in [1.29, 1.82) is 0 Å². The number of ether oxygens (including phenoxy) is 1. The van der Waals surface area contributed by atoms with Crippen molar-refractivity contribution in [2.45, 2.75) is 38.8 Å². The van der Waals surface area contributed by atoms with Crippen molar-refractivity contribution in [2.75, 3.05) is 34.2 Å². The summed E-state index contributed by atoms with van der Waals surface area (Å²) in [5.74, 6) is 0.977. The number of nitrogens with one attached hydrogen (secondary N) is 2. The minimum atomic E-state index is -0.293. The molecule has 0 fully saturated rings. The van der Waals surface area contributed by atoms with Crippen LogP contribution in [-0.2, 0) is 0 Å². The first-order chi connectivity index (χ1) is 11.3. The third-order valence-corrected chi connectivity index (χ3v) is 4.17. The van der Waals surface area contributed by atoms with E-state index in [1.807, 2.05) is 6.92 Å². The van der Waals surface area contributed by atoms with Crippen molar-refractivity contribution in [3.05, 3.63) is 30.1 Å². The third-order valence-electron chi connectivity index (χ3n) is 4.17. The van der Waals surface area contributed by atoms with Crippen molar-refractivity contribution in [1.82, 2.24) is 15.5 Å². The summed E-state index contributed by atoms with van der Waals surface area (Å²) in [6, 6.07) is 6.21. The molecule has 5 nitrogen and oxygen atoms in total. The summed E-state index contributed by atoms with van der Waals surface area (Å²) < 4.78 is 19.1. The van der Waals surface area contributed by atoms with E-state index in [0.29, 0.717) is 12.3 Å². The molecule has 24 heavy (non-hydrogen) atoms. The zero-order valence-corrected chi connectivity index (χ0v) is 15.7. The molecule has 0 heterocycles. The van der Waals surface area contributed by atoms with Gasteiger partial charge in [0.1, 0.15) is 17.7 Å². The van der Waals surface area contributed by atoms with Crippen LogP contribution in [0.4, 0.5) is 4.39 Å². The Labute approximate surface area is 145 Å². The molecule has 0 aliphatic heterocycles. The smallest absolute Gasteiger partial charge is 0.191 e. The molecule has 2 N–H and O–H groups in total. The average Bonchev–Trinajstić information content (AvgIpc) is 2.53. The fourth-order valence-corrected chi connectivity index (χ4v) is 1.89. The van der Waals surface area contributed by atoms with Crippen LogP contribution in [0.1, 0.15) is 27.2 Å². The number of nitrogens with zero attached hydrogens (tertiary/aromatic N) is 2. The Kier molecular flexibility index (Phi) is 7.98. The highest BCUT2D eigenvalue weighted by molar-refractivity contribution is 5.79. The van der Waals surface area contributed by atoms with Crippen LogP contribution in [0.5, 0.6) is 5.75 Å². The quantitative estimate of drug-likeness (QED) is 0.565. The van der Waals surface area contributed by atoms with Gasteiger partial charge in [-0.3, -0.25) is 4.99 Å². The number of rotatable bonds is 8. The van der Waals surface area contributed by atoms with E-state index in [-0.39, 0.29) is 17.5 Å². The van der Waals surface area contributed by atoms with Gasteiger partial charge in [-0.2, -0.15) is 0 Å². The zero-order chi connectivity index (χ0) is 18.2. The highest BCUT2D eigenvalue weighted by atomic mass is 19.1. The molecule has 0 aromatic heterocycles. The summed E-state index contributed by atoms with van der Waals surface area (Å²) in [6.45, 7) is 7.72. The zero-order valence-electron chi connectivity index (χ0n) is 15.7. The molecule has 0 saturated carbocycles. The van der Waals surface area contributed by atoms with Crippen LogP contribution in [-0.4, -0.2) is 56.7 Å². The molecule has 6 heteroatoms. The van der Waals surface area contributed by atoms with Crippen molar-refractivity contribution in [3.8, 4) is 5.75 Å². The van der Waals surface area contributed by atoms with Crippen LogP contribution in [0.3, 0.4) is 0 Å². The highest BCUT2D eigenvalue weighted by Gasteiger charge is 2.20. The van der Waals surface area contributed by atoms with Gasteiger partial charge in [-0.1, -0.05) is 13.0 Å². The van der Waals surface area contributed by atoms with Crippen LogP contribution >= 0.6 is 0 Å². The summed E-state index contributed by atoms with van der Waals surface area (Å²) in [4.78, 5) is 6.40. The van der Waals surface area contributed by atoms with E-state index >= 15 is 0 Å². The van der Waals surface area contributed by atoms with Crippen molar-refractivity contribution in [2.24, 2.45) is 4.99 Å². The average molecular weight is 338 g/mol. The normalized spacial score (nSPS) is 13.8. The molecule has 136 valence electrons. The van der Waals surface area contributed by atoms with Gasteiger partial charge in [0.25, 0.3) is 0 Å². The second-order valence-electron chi connectivity index (χ2n) is 6.62. The summed E-state index contributed by atoms with van der Waals surface area (Å²) in [7, 11) is 5.85. The number of aliphatic imine (C=N–C) groups is 1. The second kappa shape index (κ2) is 9.47. The summed E-state index contributed by atoms with van der Waals surface area (Å²) >= 11 is 0. The lowest BCUT2D eigenvalue weighted by atomic mass is 10.0. The minimum Gasteiger partial charge on any atom is -0.489 e. The number of likely N-dealkylation sites (N-methyl/N-ethyl adjacent to an activating group) is 1. The van der Waals surface area contributed by atoms with Crippen LogP contribution in [0, 0.1) is 5.82 Å². The first-order valence-corrected chi connectivity index (χ1v) is 8.32. The molecule has 0 aliphatic carbocycles. The van der Waals surface area contributed by atoms with Crippen molar-refractivity contribution < 1.29 is 9.13 Å². The van der Waals surface area contributed by atoms with E-state index in [1.54, 1.807) is 19.2 Å². The van der Waals surface area contributed by atoms with Gasteiger partial charge in [-0.05, 0) is 46.5 Å². The maximum Gasteiger partial charge on any atom is 0.191 e. The summed E-state index contributed by atoms with van der Waals surface area (Å²) in [5, 5.41) is 6.59. The summed E-state index contributed by atoms with van der Waals surface area (Å²) in [6.07, 6.45) is 0.746. The van der Waals surface area contributed by atoms with Gasteiger partial charge in [0.2, 0.25) is 0 Å². The molecule has 0 spiro atoms. The van der Waals surface area contributed by atoms with Crippen molar-refractivity contribution >= 4 is 5.96 Å². The van der Waals surface area contributed by atoms with Gasteiger partial charge >= 0.3 is 0 Å². The predicted octanol–water partition coefficient (Wildman–Crippen LogP) is 2.49. The van der Waals surface area contributed by atoms with Gasteiger partial charge in [0.15, 0.2) is 5.96 Å². The number of benzene rings is 1. The first kappa shape index (κ1) is 20.2. The number of hydrogen-bond donors (Lipinski definition) is 2. The Balaban J connectivity index is 2.51. The van der Waals surface area contributed by atoms with Crippen LogP contribution < -0.4 is 15.4 Å². The summed E-state index contributed by atoms with van der Waals surface area (Å²) in [5.41, 5.74) is 0.0137. The Morgan fingerprint density at radius 3 is 2.58 bits per heavy atom. The van der Waals surface area contributed by atoms with Gasteiger partial charge in [-0.15, -0.1) is 0 Å². The molecule has 1 rings (SSSR count). The van der Waals surface area contributed by atoms with Gasteiger partial charge < -0.3 is 20.3 Å². The molecule has 0 amide bonds. The molecule has 0 saturated heterocycles. The molecule has 0 aliphatic rings. The van der Waals surface area contributed by atoms with Gasteiger partial charge in [0.05, 0.1) is 6.54 Å². The second-order valence-corrected chi connectivity index (χ2v) is 6.62. The SMILES string of the molecule is CCC(CNC(=NC)NCC(C)(C)N(C)C)Oc1cccc(F)c1. The maximum atomic E-state index is 13.2. The van der Waals surface area contributed by atoms with E-state index in [4.69, 9.17) is 4.74 Å².